The van der Waals surface area contributed by atoms with E-state index in [1.807, 2.05) is 6.07 Å². The maximum Gasteiger partial charge on any atom is 0.142 e. The van der Waals surface area contributed by atoms with Crippen LogP contribution >= 0.6 is 11.6 Å². The fourth-order valence-corrected chi connectivity index (χ4v) is 3.63. The number of rotatable bonds is 4. The van der Waals surface area contributed by atoms with Gasteiger partial charge in [-0.05, 0) is 48.8 Å². The zero-order chi connectivity index (χ0) is 13.9. The average Bonchev–Trinajstić information content (AvgIpc) is 2.44. The van der Waals surface area contributed by atoms with Crippen LogP contribution in [-0.4, -0.2) is 6.54 Å². The SMILES string of the molecule is CCC1CCCC(CN)(Cc2cccc(F)c2Cl)C1. The molecular weight excluding hydrogens is 261 g/mol. The van der Waals surface area contributed by atoms with E-state index in [2.05, 4.69) is 6.92 Å². The number of halogens is 2. The molecule has 1 aromatic rings. The van der Waals surface area contributed by atoms with Gasteiger partial charge < -0.3 is 5.73 Å². The number of hydrogen-bond donors (Lipinski definition) is 1. The van der Waals surface area contributed by atoms with Crippen molar-refractivity contribution in [3.8, 4) is 0 Å². The lowest BCUT2D eigenvalue weighted by molar-refractivity contribution is 0.142. The predicted molar refractivity (Wildman–Crippen MR) is 78.9 cm³/mol. The van der Waals surface area contributed by atoms with E-state index in [-0.39, 0.29) is 16.3 Å². The summed E-state index contributed by atoms with van der Waals surface area (Å²) in [5.41, 5.74) is 7.07. The summed E-state index contributed by atoms with van der Waals surface area (Å²) in [6.45, 7) is 2.91. The summed E-state index contributed by atoms with van der Waals surface area (Å²) in [4.78, 5) is 0. The topological polar surface area (TPSA) is 26.0 Å². The highest BCUT2D eigenvalue weighted by Gasteiger charge is 2.35. The molecule has 2 rings (SSSR count). The summed E-state index contributed by atoms with van der Waals surface area (Å²) in [6.07, 6.45) is 6.81. The fourth-order valence-electron chi connectivity index (χ4n) is 3.44. The molecule has 0 bridgehead atoms. The molecule has 2 unspecified atom stereocenters. The molecule has 1 aromatic carbocycles. The van der Waals surface area contributed by atoms with Gasteiger partial charge in [-0.25, -0.2) is 4.39 Å². The number of hydrogen-bond acceptors (Lipinski definition) is 1. The first-order valence-electron chi connectivity index (χ1n) is 7.23. The Morgan fingerprint density at radius 2 is 2.26 bits per heavy atom. The molecule has 0 aromatic heterocycles. The highest BCUT2D eigenvalue weighted by Crippen LogP contribution is 2.43. The maximum atomic E-state index is 13.5. The third-order valence-electron chi connectivity index (χ3n) is 4.65. The molecule has 1 aliphatic carbocycles. The van der Waals surface area contributed by atoms with E-state index in [1.165, 1.54) is 25.3 Å². The first-order valence-corrected chi connectivity index (χ1v) is 7.61. The molecule has 2 atom stereocenters. The highest BCUT2D eigenvalue weighted by atomic mass is 35.5. The Balaban J connectivity index is 2.20. The van der Waals surface area contributed by atoms with E-state index >= 15 is 0 Å². The first kappa shape index (κ1) is 14.8. The summed E-state index contributed by atoms with van der Waals surface area (Å²) in [5.74, 6) is 0.429. The van der Waals surface area contributed by atoms with E-state index < -0.39 is 0 Å². The number of nitrogens with two attached hydrogens (primary N) is 1. The predicted octanol–water partition coefficient (Wildman–Crippen LogP) is 4.57. The van der Waals surface area contributed by atoms with Crippen molar-refractivity contribution in [3.05, 3.63) is 34.6 Å². The first-order chi connectivity index (χ1) is 9.10. The molecule has 1 aliphatic rings. The Kier molecular flexibility index (Phi) is 4.86. The second-order valence-electron chi connectivity index (χ2n) is 5.96. The van der Waals surface area contributed by atoms with Gasteiger partial charge >= 0.3 is 0 Å². The van der Waals surface area contributed by atoms with Crippen LogP contribution in [0.25, 0.3) is 0 Å². The Labute approximate surface area is 120 Å². The van der Waals surface area contributed by atoms with Gasteiger partial charge in [0.2, 0.25) is 0 Å². The lowest BCUT2D eigenvalue weighted by atomic mass is 9.66. The average molecular weight is 284 g/mol. The molecule has 0 saturated heterocycles. The van der Waals surface area contributed by atoms with Crippen LogP contribution in [0.1, 0.15) is 44.6 Å². The van der Waals surface area contributed by atoms with E-state index in [9.17, 15) is 4.39 Å². The normalized spacial score (nSPS) is 27.5. The van der Waals surface area contributed by atoms with Gasteiger partial charge in [0.25, 0.3) is 0 Å². The minimum Gasteiger partial charge on any atom is -0.330 e. The molecule has 2 N–H and O–H groups in total. The molecule has 1 nitrogen and oxygen atoms in total. The third kappa shape index (κ3) is 3.29. The van der Waals surface area contributed by atoms with E-state index in [4.69, 9.17) is 17.3 Å². The Morgan fingerprint density at radius 3 is 2.95 bits per heavy atom. The molecule has 3 heteroatoms. The van der Waals surface area contributed by atoms with Crippen molar-refractivity contribution in [2.45, 2.75) is 45.4 Å². The van der Waals surface area contributed by atoms with Crippen molar-refractivity contribution in [2.24, 2.45) is 17.1 Å². The van der Waals surface area contributed by atoms with Gasteiger partial charge in [0.1, 0.15) is 5.82 Å². The van der Waals surface area contributed by atoms with Crippen molar-refractivity contribution in [2.75, 3.05) is 6.54 Å². The standard InChI is InChI=1S/C16H23ClFN/c1-2-12-5-4-8-16(9-12,11-19)10-13-6-3-7-14(18)15(13)17/h3,6-7,12H,2,4-5,8-11,19H2,1H3. The quantitative estimate of drug-likeness (QED) is 0.861. The molecular formula is C16H23ClFN. The largest absolute Gasteiger partial charge is 0.330 e. The summed E-state index contributed by atoms with van der Waals surface area (Å²) in [6, 6.07) is 5.08. The van der Waals surface area contributed by atoms with Crippen LogP contribution in [0.15, 0.2) is 18.2 Å². The zero-order valence-electron chi connectivity index (χ0n) is 11.6. The zero-order valence-corrected chi connectivity index (χ0v) is 12.3. The van der Waals surface area contributed by atoms with Gasteiger partial charge in [0.15, 0.2) is 0 Å². The van der Waals surface area contributed by atoms with Gasteiger partial charge in [0.05, 0.1) is 5.02 Å². The fraction of sp³-hybridized carbons (Fsp3) is 0.625. The minimum absolute atomic E-state index is 0.107. The molecule has 0 aliphatic heterocycles. The van der Waals surface area contributed by atoms with Gasteiger partial charge in [-0.1, -0.05) is 49.9 Å². The van der Waals surface area contributed by atoms with Crippen LogP contribution < -0.4 is 5.73 Å². The highest BCUT2D eigenvalue weighted by molar-refractivity contribution is 6.31. The van der Waals surface area contributed by atoms with E-state index in [1.54, 1.807) is 6.07 Å². The van der Waals surface area contributed by atoms with Gasteiger partial charge in [-0.2, -0.15) is 0 Å². The van der Waals surface area contributed by atoms with Crippen molar-refractivity contribution >= 4 is 11.6 Å². The monoisotopic (exact) mass is 283 g/mol. The molecule has 0 radical (unpaired) electrons. The van der Waals surface area contributed by atoms with E-state index in [0.717, 1.165) is 30.7 Å². The van der Waals surface area contributed by atoms with Crippen LogP contribution in [0.4, 0.5) is 4.39 Å². The molecule has 0 heterocycles. The van der Waals surface area contributed by atoms with Crippen molar-refractivity contribution in [1.29, 1.82) is 0 Å². The van der Waals surface area contributed by atoms with Gasteiger partial charge in [-0.15, -0.1) is 0 Å². The van der Waals surface area contributed by atoms with Crippen LogP contribution in [-0.2, 0) is 6.42 Å². The second-order valence-corrected chi connectivity index (χ2v) is 6.34. The third-order valence-corrected chi connectivity index (χ3v) is 5.07. The van der Waals surface area contributed by atoms with Crippen molar-refractivity contribution in [3.63, 3.8) is 0 Å². The van der Waals surface area contributed by atoms with Gasteiger partial charge in [0, 0.05) is 0 Å². The molecule has 1 fully saturated rings. The van der Waals surface area contributed by atoms with Gasteiger partial charge in [-0.3, -0.25) is 0 Å². The smallest absolute Gasteiger partial charge is 0.142 e. The maximum absolute atomic E-state index is 13.5. The van der Waals surface area contributed by atoms with Crippen LogP contribution in [0.3, 0.4) is 0 Å². The molecule has 0 amide bonds. The molecule has 106 valence electrons. The Morgan fingerprint density at radius 1 is 1.47 bits per heavy atom. The summed E-state index contributed by atoms with van der Waals surface area (Å²) in [5, 5.41) is 0.272. The summed E-state index contributed by atoms with van der Waals surface area (Å²) in [7, 11) is 0. The summed E-state index contributed by atoms with van der Waals surface area (Å²) < 4.78 is 13.5. The Bertz CT molecular complexity index is 435. The molecule has 19 heavy (non-hydrogen) atoms. The van der Waals surface area contributed by atoms with Crippen LogP contribution in [0.2, 0.25) is 5.02 Å². The van der Waals surface area contributed by atoms with Crippen molar-refractivity contribution in [1.82, 2.24) is 0 Å². The molecule has 1 saturated carbocycles. The summed E-state index contributed by atoms with van der Waals surface area (Å²) >= 11 is 6.09. The van der Waals surface area contributed by atoms with Crippen molar-refractivity contribution < 1.29 is 4.39 Å². The Hall–Kier alpha value is -0.600. The lowest BCUT2D eigenvalue weighted by Gasteiger charge is -2.40. The minimum atomic E-state index is -0.325. The number of benzene rings is 1. The van der Waals surface area contributed by atoms with Crippen LogP contribution in [0, 0.1) is 17.2 Å². The molecule has 0 spiro atoms. The van der Waals surface area contributed by atoms with Crippen LogP contribution in [0.5, 0.6) is 0 Å². The lowest BCUT2D eigenvalue weighted by Crippen LogP contribution is -2.37. The van der Waals surface area contributed by atoms with E-state index in [0.29, 0.717) is 6.54 Å². The second kappa shape index (κ2) is 6.23.